The summed E-state index contributed by atoms with van der Waals surface area (Å²) in [7, 11) is -2.78. The van der Waals surface area contributed by atoms with Gasteiger partial charge in [0, 0.05) is 6.54 Å². The molecule has 2 N–H and O–H groups in total. The van der Waals surface area contributed by atoms with Gasteiger partial charge in [-0.2, -0.15) is 0 Å². The summed E-state index contributed by atoms with van der Waals surface area (Å²) in [6.45, 7) is 2.56. The molecular formula is C11H16N2O6S. The smallest absolute Gasteiger partial charge is 0.293 e. The van der Waals surface area contributed by atoms with Crippen molar-refractivity contribution in [2.75, 3.05) is 13.7 Å². The molecule has 0 unspecified atom stereocenters. The van der Waals surface area contributed by atoms with Crippen molar-refractivity contribution in [1.82, 2.24) is 4.72 Å². The summed E-state index contributed by atoms with van der Waals surface area (Å²) in [4.78, 5) is 9.66. The van der Waals surface area contributed by atoms with E-state index >= 15 is 0 Å². The van der Waals surface area contributed by atoms with Crippen molar-refractivity contribution in [3.8, 4) is 5.75 Å². The minimum atomic E-state index is -4.10. The number of methoxy groups -OCH3 is 1. The summed E-state index contributed by atoms with van der Waals surface area (Å²) in [6, 6.07) is 3.42. The molecule has 0 aliphatic rings. The fraction of sp³-hybridized carbons (Fsp3) is 0.455. The van der Waals surface area contributed by atoms with Crippen LogP contribution in [0.25, 0.3) is 0 Å². The molecule has 0 atom stereocenters. The summed E-state index contributed by atoms with van der Waals surface area (Å²) >= 11 is 0. The predicted octanol–water partition coefficient (Wildman–Crippen LogP) is 0.653. The molecule has 20 heavy (non-hydrogen) atoms. The minimum Gasteiger partial charge on any atom is -0.497 e. The van der Waals surface area contributed by atoms with Gasteiger partial charge in [-0.25, -0.2) is 13.1 Å². The monoisotopic (exact) mass is 304 g/mol. The van der Waals surface area contributed by atoms with Crippen LogP contribution in [0.15, 0.2) is 23.1 Å². The van der Waals surface area contributed by atoms with E-state index < -0.39 is 31.1 Å². The van der Waals surface area contributed by atoms with E-state index in [1.807, 2.05) is 0 Å². The first kappa shape index (κ1) is 16.3. The molecule has 0 heterocycles. The average molecular weight is 304 g/mol. The molecule has 1 aromatic rings. The van der Waals surface area contributed by atoms with E-state index in [4.69, 9.17) is 4.74 Å². The van der Waals surface area contributed by atoms with Crippen LogP contribution in [0.1, 0.15) is 13.8 Å². The Morgan fingerprint density at radius 1 is 1.45 bits per heavy atom. The molecule has 112 valence electrons. The Morgan fingerprint density at radius 3 is 2.50 bits per heavy atom. The molecule has 0 aliphatic heterocycles. The van der Waals surface area contributed by atoms with Gasteiger partial charge in [-0.15, -0.1) is 0 Å². The Hall–Kier alpha value is -1.71. The first-order chi connectivity index (χ1) is 9.07. The number of nitro benzene ring substituents is 1. The Labute approximate surface area is 116 Å². The zero-order chi connectivity index (χ0) is 15.6. The highest BCUT2D eigenvalue weighted by molar-refractivity contribution is 7.89. The van der Waals surface area contributed by atoms with Crippen LogP contribution in [0.3, 0.4) is 0 Å². The molecule has 0 saturated carbocycles. The van der Waals surface area contributed by atoms with Gasteiger partial charge in [0.1, 0.15) is 5.75 Å². The molecule has 9 heteroatoms. The highest BCUT2D eigenvalue weighted by Crippen LogP contribution is 2.28. The summed E-state index contributed by atoms with van der Waals surface area (Å²) in [5, 5.41) is 20.5. The molecule has 0 saturated heterocycles. The number of rotatable bonds is 6. The number of sulfonamides is 1. The molecule has 1 rings (SSSR count). The third-order valence-corrected chi connectivity index (χ3v) is 3.80. The number of benzene rings is 1. The normalized spacial score (nSPS) is 12.2. The molecule has 0 amide bonds. The van der Waals surface area contributed by atoms with E-state index in [9.17, 15) is 23.6 Å². The predicted molar refractivity (Wildman–Crippen MR) is 71.1 cm³/mol. The second kappa shape index (κ2) is 5.73. The van der Waals surface area contributed by atoms with Crippen molar-refractivity contribution in [2.24, 2.45) is 0 Å². The van der Waals surface area contributed by atoms with Crippen molar-refractivity contribution in [2.45, 2.75) is 24.3 Å². The lowest BCUT2D eigenvalue weighted by Gasteiger charge is -2.17. The Balaban J connectivity index is 3.21. The molecule has 0 aromatic heterocycles. The SMILES string of the molecule is COc1ccc(S(=O)(=O)NCC(C)(C)O)c([N+](=O)[O-])c1. The fourth-order valence-corrected chi connectivity index (χ4v) is 2.70. The van der Waals surface area contributed by atoms with Crippen LogP contribution in [0.4, 0.5) is 5.69 Å². The number of nitrogens with one attached hydrogen (secondary N) is 1. The highest BCUT2D eigenvalue weighted by atomic mass is 32.2. The van der Waals surface area contributed by atoms with E-state index in [0.29, 0.717) is 0 Å². The number of hydrogen-bond acceptors (Lipinski definition) is 6. The van der Waals surface area contributed by atoms with Crippen LogP contribution in [0, 0.1) is 10.1 Å². The van der Waals surface area contributed by atoms with Gasteiger partial charge in [0.05, 0.1) is 23.7 Å². The van der Waals surface area contributed by atoms with Crippen LogP contribution < -0.4 is 9.46 Å². The van der Waals surface area contributed by atoms with Crippen molar-refractivity contribution in [3.63, 3.8) is 0 Å². The van der Waals surface area contributed by atoms with Gasteiger partial charge in [-0.1, -0.05) is 0 Å². The minimum absolute atomic E-state index is 0.179. The second-order valence-electron chi connectivity index (χ2n) is 4.73. The van der Waals surface area contributed by atoms with Crippen molar-refractivity contribution < 1.29 is 23.2 Å². The standard InChI is InChI=1S/C11H16N2O6S/c1-11(2,14)7-12-20(17,18)10-5-4-8(19-3)6-9(10)13(15)16/h4-6,12,14H,7H2,1-3H3. The maximum absolute atomic E-state index is 12.0. The number of nitro groups is 1. The quantitative estimate of drug-likeness (QED) is 0.588. The topological polar surface area (TPSA) is 119 Å². The van der Waals surface area contributed by atoms with E-state index in [-0.39, 0.29) is 12.3 Å². The summed E-state index contributed by atoms with van der Waals surface area (Å²) in [5.74, 6) is 0.179. The van der Waals surface area contributed by atoms with E-state index in [1.54, 1.807) is 0 Å². The van der Waals surface area contributed by atoms with Crippen LogP contribution in [-0.4, -0.2) is 37.7 Å². The Morgan fingerprint density at radius 2 is 2.05 bits per heavy atom. The molecule has 0 aliphatic carbocycles. The van der Waals surface area contributed by atoms with Gasteiger partial charge in [-0.3, -0.25) is 10.1 Å². The van der Waals surface area contributed by atoms with Gasteiger partial charge in [0.25, 0.3) is 5.69 Å². The Bertz CT molecular complexity index is 606. The Kier molecular flexibility index (Phi) is 4.69. The van der Waals surface area contributed by atoms with Gasteiger partial charge in [0.15, 0.2) is 4.90 Å². The van der Waals surface area contributed by atoms with E-state index in [1.165, 1.54) is 27.0 Å². The van der Waals surface area contributed by atoms with Gasteiger partial charge < -0.3 is 9.84 Å². The largest absolute Gasteiger partial charge is 0.497 e. The second-order valence-corrected chi connectivity index (χ2v) is 6.46. The van der Waals surface area contributed by atoms with E-state index in [0.717, 1.165) is 12.1 Å². The number of hydrogen-bond donors (Lipinski definition) is 2. The van der Waals surface area contributed by atoms with Crippen molar-refractivity contribution >= 4 is 15.7 Å². The average Bonchev–Trinajstić information content (AvgIpc) is 2.35. The molecule has 0 fully saturated rings. The van der Waals surface area contributed by atoms with E-state index in [2.05, 4.69) is 4.72 Å². The zero-order valence-corrected chi connectivity index (χ0v) is 12.1. The van der Waals surface area contributed by atoms with Crippen molar-refractivity contribution in [1.29, 1.82) is 0 Å². The summed E-state index contributed by atoms with van der Waals surface area (Å²) in [6.07, 6.45) is 0. The lowest BCUT2D eigenvalue weighted by molar-refractivity contribution is -0.387. The lowest BCUT2D eigenvalue weighted by Crippen LogP contribution is -2.38. The summed E-state index contributed by atoms with van der Waals surface area (Å²) in [5.41, 5.74) is -1.86. The molecule has 0 spiro atoms. The molecular weight excluding hydrogens is 288 g/mol. The first-order valence-electron chi connectivity index (χ1n) is 5.61. The number of nitrogens with zero attached hydrogens (tertiary/aromatic N) is 1. The summed E-state index contributed by atoms with van der Waals surface area (Å²) < 4.78 is 31.0. The van der Waals surface area contributed by atoms with Crippen LogP contribution >= 0.6 is 0 Å². The van der Waals surface area contributed by atoms with Crippen molar-refractivity contribution in [3.05, 3.63) is 28.3 Å². The fourth-order valence-electron chi connectivity index (χ4n) is 1.34. The third kappa shape index (κ3) is 4.15. The molecule has 1 aromatic carbocycles. The van der Waals surface area contributed by atoms with Gasteiger partial charge in [-0.05, 0) is 26.0 Å². The van der Waals surface area contributed by atoms with Crippen LogP contribution in [0.5, 0.6) is 5.75 Å². The molecule has 0 bridgehead atoms. The first-order valence-corrected chi connectivity index (χ1v) is 7.09. The lowest BCUT2D eigenvalue weighted by atomic mass is 10.1. The molecule has 0 radical (unpaired) electrons. The highest BCUT2D eigenvalue weighted by Gasteiger charge is 2.28. The maximum atomic E-state index is 12.0. The maximum Gasteiger partial charge on any atom is 0.293 e. The van der Waals surface area contributed by atoms with Gasteiger partial charge in [0.2, 0.25) is 10.0 Å². The van der Waals surface area contributed by atoms with Crippen LogP contribution in [-0.2, 0) is 10.0 Å². The van der Waals surface area contributed by atoms with Gasteiger partial charge >= 0.3 is 0 Å². The molecule has 8 nitrogen and oxygen atoms in total. The zero-order valence-electron chi connectivity index (χ0n) is 11.3. The number of ether oxygens (including phenoxy) is 1. The van der Waals surface area contributed by atoms with Crippen LogP contribution in [0.2, 0.25) is 0 Å². The number of aliphatic hydroxyl groups is 1. The third-order valence-electron chi connectivity index (χ3n) is 2.35.